The largest absolute Gasteiger partial charge is 0.454 e. The molecule has 1 heterocycles. The van der Waals surface area contributed by atoms with Crippen molar-refractivity contribution in [2.24, 2.45) is 0 Å². The molecule has 0 bridgehead atoms. The van der Waals surface area contributed by atoms with Crippen LogP contribution in [0.15, 0.2) is 108 Å². The Balaban J connectivity index is 1.19. The molecule has 0 aliphatic carbocycles. The van der Waals surface area contributed by atoms with E-state index in [1.165, 1.54) is 28.6 Å². The number of benzene rings is 4. The maximum absolute atomic E-state index is 13.1. The molecule has 0 amide bonds. The lowest BCUT2D eigenvalue weighted by atomic mass is 10.0. The molecule has 0 N–H and O–H groups in total. The lowest BCUT2D eigenvalue weighted by molar-refractivity contribution is 0.0474. The number of fused-ring (bicyclic) bond motifs is 1. The summed E-state index contributed by atoms with van der Waals surface area (Å²) in [5.74, 6) is -1.01. The van der Waals surface area contributed by atoms with Crippen LogP contribution in [-0.2, 0) is 27.7 Å². The van der Waals surface area contributed by atoms with Crippen LogP contribution >= 0.6 is 0 Å². The van der Waals surface area contributed by atoms with Gasteiger partial charge < -0.3 is 4.74 Å². The van der Waals surface area contributed by atoms with E-state index in [1.54, 1.807) is 12.1 Å². The molecule has 0 saturated carbocycles. The summed E-state index contributed by atoms with van der Waals surface area (Å²) in [6, 6.07) is 30.4. The Labute approximate surface area is 216 Å². The van der Waals surface area contributed by atoms with Crippen molar-refractivity contribution in [2.45, 2.75) is 17.9 Å². The van der Waals surface area contributed by atoms with Crippen molar-refractivity contribution in [2.75, 3.05) is 13.2 Å². The number of hydrogen-bond acceptors (Lipinski definition) is 5. The summed E-state index contributed by atoms with van der Waals surface area (Å²) in [6.07, 6.45) is 0.656. The van der Waals surface area contributed by atoms with Crippen LogP contribution in [-0.4, -0.2) is 37.6 Å². The number of Topliss-reactive ketones (excluding diaryl/α,β-unsaturated/α-hetero) is 1. The van der Waals surface area contributed by atoms with Crippen LogP contribution in [0.1, 0.15) is 31.8 Å². The SMILES string of the molecule is O=C(COC(=O)c1ccc(S(=O)(=O)N2CCc3ccccc3C2)cc1)c1ccc(-c2ccccc2)cc1. The normalized spacial score (nSPS) is 13.5. The van der Waals surface area contributed by atoms with E-state index in [9.17, 15) is 18.0 Å². The Bertz CT molecular complexity index is 1530. The first-order valence-corrected chi connectivity index (χ1v) is 13.4. The summed E-state index contributed by atoms with van der Waals surface area (Å²) in [6.45, 7) is 0.311. The molecule has 0 unspecified atom stereocenters. The quantitative estimate of drug-likeness (QED) is 0.254. The predicted octanol–water partition coefficient (Wildman–Crippen LogP) is 5.14. The lowest BCUT2D eigenvalue weighted by Gasteiger charge is -2.28. The molecule has 37 heavy (non-hydrogen) atoms. The van der Waals surface area contributed by atoms with Crippen LogP contribution in [0.25, 0.3) is 11.1 Å². The molecule has 0 atom stereocenters. The Hall–Kier alpha value is -4.07. The molecule has 6 nitrogen and oxygen atoms in total. The van der Waals surface area contributed by atoms with E-state index < -0.39 is 22.6 Å². The minimum absolute atomic E-state index is 0.109. The predicted molar refractivity (Wildman–Crippen MR) is 141 cm³/mol. The molecule has 0 spiro atoms. The van der Waals surface area contributed by atoms with Gasteiger partial charge in [0.05, 0.1) is 10.5 Å². The number of rotatable bonds is 7. The number of sulfonamides is 1. The molecule has 0 radical (unpaired) electrons. The summed E-state index contributed by atoms with van der Waals surface area (Å²) >= 11 is 0. The second kappa shape index (κ2) is 10.5. The van der Waals surface area contributed by atoms with E-state index >= 15 is 0 Å². The number of carbonyl (C=O) groups excluding carboxylic acids is 2. The zero-order valence-corrected chi connectivity index (χ0v) is 20.9. The number of carbonyl (C=O) groups is 2. The molecule has 0 saturated heterocycles. The fourth-order valence-corrected chi connectivity index (χ4v) is 5.78. The highest BCUT2D eigenvalue weighted by Crippen LogP contribution is 2.25. The summed E-state index contributed by atoms with van der Waals surface area (Å²) in [4.78, 5) is 25.1. The molecule has 4 aromatic carbocycles. The molecular weight excluding hydrogens is 486 g/mol. The van der Waals surface area contributed by atoms with Gasteiger partial charge in [0, 0.05) is 18.7 Å². The van der Waals surface area contributed by atoms with Crippen molar-refractivity contribution in [3.05, 3.63) is 125 Å². The van der Waals surface area contributed by atoms with E-state index in [4.69, 9.17) is 4.74 Å². The number of ether oxygens (including phenoxy) is 1. The van der Waals surface area contributed by atoms with Crippen molar-refractivity contribution >= 4 is 21.8 Å². The monoisotopic (exact) mass is 511 g/mol. The summed E-state index contributed by atoms with van der Waals surface area (Å²) in [5.41, 5.74) is 4.80. The van der Waals surface area contributed by atoms with Crippen molar-refractivity contribution in [1.29, 1.82) is 0 Å². The topological polar surface area (TPSA) is 80.8 Å². The third-order valence-corrected chi connectivity index (χ3v) is 8.33. The number of nitrogens with zero attached hydrogens (tertiary/aromatic N) is 1. The van der Waals surface area contributed by atoms with Crippen molar-refractivity contribution in [3.63, 3.8) is 0 Å². The third-order valence-electron chi connectivity index (χ3n) is 6.47. The highest BCUT2D eigenvalue weighted by molar-refractivity contribution is 7.89. The molecule has 0 fully saturated rings. The van der Waals surface area contributed by atoms with Gasteiger partial charge in [-0.2, -0.15) is 4.31 Å². The molecule has 0 aromatic heterocycles. The Morgan fingerprint density at radius 2 is 1.30 bits per heavy atom. The zero-order valence-electron chi connectivity index (χ0n) is 20.0. The van der Waals surface area contributed by atoms with Crippen molar-refractivity contribution < 1.29 is 22.7 Å². The Morgan fingerprint density at radius 3 is 2.00 bits per heavy atom. The molecular formula is C30H25NO5S. The first-order chi connectivity index (χ1) is 17.9. The average Bonchev–Trinajstić information content (AvgIpc) is 2.96. The van der Waals surface area contributed by atoms with E-state index in [-0.39, 0.29) is 16.2 Å². The first kappa shape index (κ1) is 24.6. The fraction of sp³-hybridized carbons (Fsp3) is 0.133. The van der Waals surface area contributed by atoms with Crippen LogP contribution < -0.4 is 0 Å². The van der Waals surface area contributed by atoms with Gasteiger partial charge in [-0.3, -0.25) is 4.79 Å². The van der Waals surface area contributed by atoms with Gasteiger partial charge in [-0.05, 0) is 52.9 Å². The molecule has 7 heteroatoms. The van der Waals surface area contributed by atoms with Crippen LogP contribution in [0, 0.1) is 0 Å². The lowest BCUT2D eigenvalue weighted by Crippen LogP contribution is -2.35. The van der Waals surface area contributed by atoms with Gasteiger partial charge in [0.1, 0.15) is 0 Å². The third kappa shape index (κ3) is 5.38. The summed E-state index contributed by atoms with van der Waals surface area (Å²) < 4.78 is 32.9. The molecule has 4 aromatic rings. The van der Waals surface area contributed by atoms with Crippen LogP contribution in [0.5, 0.6) is 0 Å². The van der Waals surface area contributed by atoms with Gasteiger partial charge in [0.25, 0.3) is 0 Å². The number of ketones is 1. The maximum atomic E-state index is 13.1. The standard InChI is InChI=1S/C30H25NO5S/c32-29(25-12-10-24(11-13-25)22-6-2-1-3-7-22)21-36-30(33)26-14-16-28(17-15-26)37(34,35)31-19-18-23-8-4-5-9-27(23)20-31/h1-17H,18-21H2. The molecule has 1 aliphatic heterocycles. The second-order valence-electron chi connectivity index (χ2n) is 8.82. The highest BCUT2D eigenvalue weighted by atomic mass is 32.2. The average molecular weight is 512 g/mol. The van der Waals surface area contributed by atoms with Gasteiger partial charge in [0.15, 0.2) is 12.4 Å². The van der Waals surface area contributed by atoms with E-state index in [2.05, 4.69) is 0 Å². The van der Waals surface area contributed by atoms with Gasteiger partial charge in [0.2, 0.25) is 10.0 Å². The zero-order chi connectivity index (χ0) is 25.8. The molecule has 1 aliphatic rings. The van der Waals surface area contributed by atoms with Gasteiger partial charge in [-0.1, -0.05) is 78.9 Å². The van der Waals surface area contributed by atoms with E-state index in [1.807, 2.05) is 66.7 Å². The van der Waals surface area contributed by atoms with E-state index in [0.29, 0.717) is 25.1 Å². The van der Waals surface area contributed by atoms with Gasteiger partial charge in [-0.15, -0.1) is 0 Å². The number of esters is 1. The van der Waals surface area contributed by atoms with E-state index in [0.717, 1.165) is 22.3 Å². The van der Waals surface area contributed by atoms with Gasteiger partial charge >= 0.3 is 5.97 Å². The maximum Gasteiger partial charge on any atom is 0.338 e. The minimum Gasteiger partial charge on any atom is -0.454 e. The molecule has 186 valence electrons. The summed E-state index contributed by atoms with van der Waals surface area (Å²) in [7, 11) is -3.71. The van der Waals surface area contributed by atoms with Crippen LogP contribution in [0.3, 0.4) is 0 Å². The minimum atomic E-state index is -3.71. The molecule has 5 rings (SSSR count). The Morgan fingerprint density at radius 1 is 0.703 bits per heavy atom. The fourth-order valence-electron chi connectivity index (χ4n) is 4.36. The summed E-state index contributed by atoms with van der Waals surface area (Å²) in [5, 5.41) is 0. The van der Waals surface area contributed by atoms with Crippen LogP contribution in [0.4, 0.5) is 0 Å². The van der Waals surface area contributed by atoms with Crippen molar-refractivity contribution in [1.82, 2.24) is 4.31 Å². The smallest absolute Gasteiger partial charge is 0.338 e. The second-order valence-corrected chi connectivity index (χ2v) is 10.8. The van der Waals surface area contributed by atoms with Crippen molar-refractivity contribution in [3.8, 4) is 11.1 Å². The number of hydrogen-bond donors (Lipinski definition) is 0. The highest BCUT2D eigenvalue weighted by Gasteiger charge is 2.28. The van der Waals surface area contributed by atoms with Crippen LogP contribution in [0.2, 0.25) is 0 Å². The van der Waals surface area contributed by atoms with Gasteiger partial charge in [-0.25, -0.2) is 13.2 Å². The Kier molecular flexibility index (Phi) is 6.99. The first-order valence-electron chi connectivity index (χ1n) is 11.9.